The minimum Gasteiger partial charge on any atom is -0.493 e. The van der Waals surface area contributed by atoms with Crippen molar-refractivity contribution in [2.24, 2.45) is 5.10 Å². The zero-order valence-electron chi connectivity index (χ0n) is 24.7. The first-order chi connectivity index (χ1) is 22.0. The first-order valence-corrected chi connectivity index (χ1v) is 15.2. The van der Waals surface area contributed by atoms with Crippen LogP contribution in [0.25, 0.3) is 0 Å². The summed E-state index contributed by atoms with van der Waals surface area (Å²) >= 11 is 24.9. The molecule has 4 rings (SSSR count). The van der Waals surface area contributed by atoms with Gasteiger partial charge in [-0.3, -0.25) is 4.79 Å². The molecule has 1 aliphatic heterocycles. The number of hydrazone groups is 1. The Labute approximate surface area is 284 Å². The minimum absolute atomic E-state index is 0.117. The van der Waals surface area contributed by atoms with Crippen molar-refractivity contribution in [3.63, 3.8) is 0 Å². The second kappa shape index (κ2) is 15.9. The van der Waals surface area contributed by atoms with E-state index in [4.69, 9.17) is 65.4 Å². The Morgan fingerprint density at radius 1 is 0.978 bits per heavy atom. The summed E-state index contributed by atoms with van der Waals surface area (Å²) < 4.78 is 22.0. The van der Waals surface area contributed by atoms with Crippen molar-refractivity contribution in [3.8, 4) is 17.2 Å². The van der Waals surface area contributed by atoms with Gasteiger partial charge in [0.2, 0.25) is 0 Å². The molecule has 1 aliphatic rings. The van der Waals surface area contributed by atoms with Crippen molar-refractivity contribution in [1.29, 1.82) is 0 Å². The molecular formula is C31H28Cl4N4O7. The van der Waals surface area contributed by atoms with Gasteiger partial charge in [-0.15, -0.1) is 0 Å². The third-order valence-electron chi connectivity index (χ3n) is 6.45. The predicted molar refractivity (Wildman–Crippen MR) is 175 cm³/mol. The lowest BCUT2D eigenvalue weighted by atomic mass is 9.95. The number of ether oxygens (including phenoxy) is 4. The average Bonchev–Trinajstić information content (AvgIpc) is 3.00. The van der Waals surface area contributed by atoms with E-state index in [2.05, 4.69) is 21.2 Å². The Hall–Kier alpha value is -4.16. The number of halogens is 4. The molecule has 0 radical (unpaired) electrons. The van der Waals surface area contributed by atoms with E-state index in [1.807, 2.05) is 0 Å². The number of methoxy groups -OCH3 is 1. The molecule has 11 nitrogen and oxygen atoms in total. The van der Waals surface area contributed by atoms with Crippen molar-refractivity contribution in [1.82, 2.24) is 16.1 Å². The number of rotatable bonds is 12. The predicted octanol–water partition coefficient (Wildman–Crippen LogP) is 6.61. The van der Waals surface area contributed by atoms with E-state index >= 15 is 0 Å². The van der Waals surface area contributed by atoms with Crippen molar-refractivity contribution in [3.05, 3.63) is 96.6 Å². The van der Waals surface area contributed by atoms with Gasteiger partial charge in [0, 0.05) is 21.3 Å². The van der Waals surface area contributed by atoms with Gasteiger partial charge < -0.3 is 29.6 Å². The summed E-state index contributed by atoms with van der Waals surface area (Å²) in [6.45, 7) is 3.19. The number of amides is 3. The van der Waals surface area contributed by atoms with Crippen LogP contribution in [0.2, 0.25) is 20.1 Å². The highest BCUT2D eigenvalue weighted by atomic mass is 35.5. The largest absolute Gasteiger partial charge is 0.493 e. The summed E-state index contributed by atoms with van der Waals surface area (Å²) in [7, 11) is 1.42. The highest BCUT2D eigenvalue weighted by molar-refractivity contribution is 6.37. The van der Waals surface area contributed by atoms with Crippen LogP contribution in [-0.2, 0) is 20.9 Å². The van der Waals surface area contributed by atoms with Gasteiger partial charge in [-0.1, -0.05) is 58.5 Å². The van der Waals surface area contributed by atoms with Gasteiger partial charge in [-0.05, 0) is 61.4 Å². The van der Waals surface area contributed by atoms with Crippen LogP contribution in [0.4, 0.5) is 4.79 Å². The van der Waals surface area contributed by atoms with Crippen LogP contribution in [0.1, 0.15) is 36.6 Å². The molecule has 3 aromatic carbocycles. The fraction of sp³-hybridized carbons (Fsp3) is 0.226. The number of urea groups is 1. The zero-order valence-corrected chi connectivity index (χ0v) is 27.7. The maximum absolute atomic E-state index is 12.6. The minimum atomic E-state index is -0.794. The SMILES string of the molecule is CCOC(=O)C1=C(C)NC(=O)N[C@@H]1c1ccc(OCC(=O)N/N=C\c2cc(Cl)c(OCc3ccc(Cl)cc3Cl)c(Cl)c2)c(OC)c1. The van der Waals surface area contributed by atoms with Crippen LogP contribution in [0.5, 0.6) is 17.2 Å². The molecule has 0 aromatic heterocycles. The van der Waals surface area contributed by atoms with E-state index in [0.29, 0.717) is 32.4 Å². The molecule has 0 fully saturated rings. The van der Waals surface area contributed by atoms with Gasteiger partial charge in [0.05, 0.1) is 41.6 Å². The standard InChI is InChI=1S/C31H28Cl4N4O7/c1-4-44-30(41)27-16(2)37-31(42)38-28(27)18-6-8-24(25(11-18)43-3)45-15-26(40)39-36-13-17-9-22(34)29(23(35)10-17)46-14-19-5-7-20(32)12-21(19)33/h5-13,28H,4,14-15H2,1-3H3,(H,39,40)(H2,37,38,42)/b36-13-/t28-/m1/s1. The number of nitrogens with zero attached hydrogens (tertiary/aromatic N) is 1. The summed E-state index contributed by atoms with van der Waals surface area (Å²) in [6, 6.07) is 11.7. The Kier molecular flexibility index (Phi) is 12.0. The molecule has 1 heterocycles. The Bertz CT molecular complexity index is 1690. The molecule has 0 bridgehead atoms. The van der Waals surface area contributed by atoms with E-state index in [1.165, 1.54) is 13.3 Å². The number of allylic oxidation sites excluding steroid dienone is 1. The first-order valence-electron chi connectivity index (χ1n) is 13.6. The maximum Gasteiger partial charge on any atom is 0.338 e. The number of nitrogens with one attached hydrogen (secondary N) is 3. The highest BCUT2D eigenvalue weighted by Crippen LogP contribution is 2.36. The average molecular weight is 710 g/mol. The lowest BCUT2D eigenvalue weighted by molar-refractivity contribution is -0.139. The first kappa shape index (κ1) is 34.7. The van der Waals surface area contributed by atoms with Crippen LogP contribution >= 0.6 is 46.4 Å². The number of carbonyl (C=O) groups excluding carboxylic acids is 3. The van der Waals surface area contributed by atoms with Gasteiger partial charge in [0.1, 0.15) is 6.61 Å². The molecule has 0 aliphatic carbocycles. The van der Waals surface area contributed by atoms with Crippen LogP contribution in [-0.4, -0.2) is 44.4 Å². The zero-order chi connectivity index (χ0) is 33.4. The summed E-state index contributed by atoms with van der Waals surface area (Å²) in [5.74, 6) is -0.351. The molecule has 3 aromatic rings. The number of esters is 1. The fourth-order valence-electron chi connectivity index (χ4n) is 4.34. The van der Waals surface area contributed by atoms with E-state index in [0.717, 1.165) is 0 Å². The lowest BCUT2D eigenvalue weighted by Gasteiger charge is -2.28. The lowest BCUT2D eigenvalue weighted by Crippen LogP contribution is -2.45. The third-order valence-corrected chi connectivity index (χ3v) is 7.60. The summed E-state index contributed by atoms with van der Waals surface area (Å²) in [6.07, 6.45) is 1.36. The van der Waals surface area contributed by atoms with Gasteiger partial charge in [0.25, 0.3) is 5.91 Å². The van der Waals surface area contributed by atoms with Crippen LogP contribution in [0, 0.1) is 0 Å². The second-order valence-corrected chi connectivity index (χ2v) is 11.3. The molecular weight excluding hydrogens is 682 g/mol. The highest BCUT2D eigenvalue weighted by Gasteiger charge is 2.32. The van der Waals surface area contributed by atoms with Crippen molar-refractivity contribution in [2.75, 3.05) is 20.3 Å². The topological polar surface area (TPSA) is 137 Å². The Balaban J connectivity index is 1.36. The molecule has 3 amide bonds. The third kappa shape index (κ3) is 8.76. The molecule has 15 heteroatoms. The quantitative estimate of drug-likeness (QED) is 0.109. The molecule has 1 atom stereocenters. The molecule has 46 heavy (non-hydrogen) atoms. The summed E-state index contributed by atoms with van der Waals surface area (Å²) in [5.41, 5.74) is 4.73. The molecule has 0 saturated carbocycles. The molecule has 242 valence electrons. The molecule has 0 unspecified atom stereocenters. The van der Waals surface area contributed by atoms with Crippen molar-refractivity contribution in [2.45, 2.75) is 26.5 Å². The number of hydrogen-bond donors (Lipinski definition) is 3. The monoisotopic (exact) mass is 708 g/mol. The number of carbonyl (C=O) groups is 3. The molecule has 0 spiro atoms. The van der Waals surface area contributed by atoms with Gasteiger partial charge in [-0.2, -0.15) is 5.10 Å². The Morgan fingerprint density at radius 2 is 1.72 bits per heavy atom. The van der Waals surface area contributed by atoms with E-state index in [9.17, 15) is 14.4 Å². The van der Waals surface area contributed by atoms with Crippen molar-refractivity contribution >= 4 is 70.5 Å². The maximum atomic E-state index is 12.6. The summed E-state index contributed by atoms with van der Waals surface area (Å²) in [4.78, 5) is 37.2. The fourth-order valence-corrected chi connectivity index (χ4v) is 5.42. The molecule has 0 saturated heterocycles. The van der Waals surface area contributed by atoms with Crippen LogP contribution < -0.4 is 30.3 Å². The number of benzene rings is 3. The smallest absolute Gasteiger partial charge is 0.338 e. The van der Waals surface area contributed by atoms with E-state index < -0.39 is 30.6 Å². The van der Waals surface area contributed by atoms with Gasteiger partial charge in [0.15, 0.2) is 23.9 Å². The van der Waals surface area contributed by atoms with Crippen molar-refractivity contribution < 1.29 is 33.3 Å². The Morgan fingerprint density at radius 3 is 2.39 bits per heavy atom. The number of hydrogen-bond acceptors (Lipinski definition) is 8. The van der Waals surface area contributed by atoms with E-state index in [-0.39, 0.29) is 46.1 Å². The van der Waals surface area contributed by atoms with E-state index in [1.54, 1.807) is 62.4 Å². The molecule has 3 N–H and O–H groups in total. The van der Waals surface area contributed by atoms with Crippen LogP contribution in [0.15, 0.2) is 64.9 Å². The second-order valence-electron chi connectivity index (χ2n) is 9.62. The normalized spacial score (nSPS) is 14.4. The van der Waals surface area contributed by atoms with Gasteiger partial charge in [-0.25, -0.2) is 15.0 Å². The van der Waals surface area contributed by atoms with Crippen LogP contribution in [0.3, 0.4) is 0 Å². The summed E-state index contributed by atoms with van der Waals surface area (Å²) in [5, 5.41) is 10.6. The van der Waals surface area contributed by atoms with Gasteiger partial charge >= 0.3 is 12.0 Å².